The van der Waals surface area contributed by atoms with E-state index in [0.717, 1.165) is 21.2 Å². The smallest absolute Gasteiger partial charge is 0.326 e. The highest BCUT2D eigenvalue weighted by Crippen LogP contribution is 2.44. The Morgan fingerprint density at radius 3 is 2.18 bits per heavy atom. The van der Waals surface area contributed by atoms with Crippen molar-refractivity contribution in [1.29, 1.82) is 0 Å². The van der Waals surface area contributed by atoms with Crippen molar-refractivity contribution in [3.05, 3.63) is 99.5 Å². The number of carbonyl (C=O) groups is 5. The average molecular weight is 855 g/mol. The van der Waals surface area contributed by atoms with E-state index in [1.165, 1.54) is 32.3 Å². The standard InChI is InChI=1S/C44H54N8O10/c1-25-40(56)50-33(43(59)60)19-26-8-13-34(61-16-6-14-45)31(18-26)32-20-27(21-35(39(32)55)62-17-7-15-46)38(42(58)49-25)51(5)37(54)24-47-41(57)28-22-36(53)52(48-23-28)30-11-9-29(10-12-30)44(2,3)4/h8-13,18,20-23,25,33,38,55H,6-7,14-17,19,24,45-46H2,1-5H3,(H,47,57)(H,49,58)(H,50,56)(H,59,60)/t25-,33-,38-/m0/s1. The Labute approximate surface area is 358 Å². The normalized spacial score (nSPS) is 16.6. The number of nitrogens with zero attached hydrogens (tertiary/aromatic N) is 3. The summed E-state index contributed by atoms with van der Waals surface area (Å²) in [6, 6.07) is 11.9. The molecule has 4 amide bonds. The summed E-state index contributed by atoms with van der Waals surface area (Å²) in [5.74, 6) is -4.67. The fraction of sp³-hybridized carbons (Fsp3) is 0.386. The predicted molar refractivity (Wildman–Crippen MR) is 229 cm³/mol. The number of aromatic hydroxyl groups is 1. The topological polar surface area (TPSA) is 271 Å². The number of carboxylic acid groups (broad SMARTS) is 1. The van der Waals surface area contributed by atoms with Crippen LogP contribution in [0.4, 0.5) is 0 Å². The number of likely N-dealkylation sites (N-methyl/N-ethyl adjacent to an activating group) is 1. The first-order chi connectivity index (χ1) is 29.4. The van der Waals surface area contributed by atoms with Crippen molar-refractivity contribution in [3.8, 4) is 34.1 Å². The van der Waals surface area contributed by atoms with E-state index in [0.29, 0.717) is 36.2 Å². The number of nitrogens with two attached hydrogens (primary N) is 2. The molecule has 330 valence electrons. The van der Waals surface area contributed by atoms with E-state index in [4.69, 9.17) is 20.9 Å². The molecule has 18 heteroatoms. The number of hydrogen-bond donors (Lipinski definition) is 7. The van der Waals surface area contributed by atoms with Crippen molar-refractivity contribution in [3.63, 3.8) is 0 Å². The molecule has 4 aromatic rings. The Morgan fingerprint density at radius 2 is 1.56 bits per heavy atom. The van der Waals surface area contributed by atoms with Crippen LogP contribution < -0.4 is 42.5 Å². The maximum atomic E-state index is 14.3. The van der Waals surface area contributed by atoms with Crippen LogP contribution in [0.1, 0.15) is 73.6 Å². The molecule has 0 spiro atoms. The number of nitrogens with one attached hydrogen (secondary N) is 3. The lowest BCUT2D eigenvalue weighted by Crippen LogP contribution is -2.53. The summed E-state index contributed by atoms with van der Waals surface area (Å²) >= 11 is 0. The molecule has 1 aliphatic heterocycles. The summed E-state index contributed by atoms with van der Waals surface area (Å²) in [7, 11) is 1.31. The molecule has 0 saturated heterocycles. The number of carboxylic acids is 1. The van der Waals surface area contributed by atoms with Crippen molar-refractivity contribution < 1.29 is 43.7 Å². The maximum absolute atomic E-state index is 14.3. The lowest BCUT2D eigenvalue weighted by molar-refractivity contribution is -0.142. The van der Waals surface area contributed by atoms with E-state index >= 15 is 0 Å². The second kappa shape index (κ2) is 20.2. The van der Waals surface area contributed by atoms with Crippen molar-refractivity contribution in [1.82, 2.24) is 30.6 Å². The van der Waals surface area contributed by atoms with Crippen LogP contribution >= 0.6 is 0 Å². The van der Waals surface area contributed by atoms with Gasteiger partial charge in [0.05, 0.1) is 37.2 Å². The Hall–Kier alpha value is -6.79. The third-order valence-corrected chi connectivity index (χ3v) is 10.2. The molecule has 0 aliphatic carbocycles. The summed E-state index contributed by atoms with van der Waals surface area (Å²) in [6.07, 6.45) is 1.93. The Balaban J connectivity index is 1.52. The van der Waals surface area contributed by atoms with Gasteiger partial charge in [-0.1, -0.05) is 39.0 Å². The second-order valence-corrected chi connectivity index (χ2v) is 15.9. The number of phenols is 1. The molecule has 0 unspecified atom stereocenters. The molecule has 1 aromatic heterocycles. The monoisotopic (exact) mass is 854 g/mol. The number of rotatable bonds is 14. The van der Waals surface area contributed by atoms with E-state index in [2.05, 4.69) is 41.8 Å². The van der Waals surface area contributed by atoms with Crippen LogP contribution in [0.3, 0.4) is 0 Å². The summed E-state index contributed by atoms with van der Waals surface area (Å²) in [4.78, 5) is 81.4. The minimum absolute atomic E-state index is 0.0649. The van der Waals surface area contributed by atoms with Gasteiger partial charge in [-0.3, -0.25) is 24.0 Å². The predicted octanol–water partition coefficient (Wildman–Crippen LogP) is 1.92. The Kier molecular flexibility index (Phi) is 15.1. The molecule has 0 radical (unpaired) electrons. The minimum atomic E-state index is -1.52. The summed E-state index contributed by atoms with van der Waals surface area (Å²) in [5, 5.41) is 33.5. The van der Waals surface area contributed by atoms with Gasteiger partial charge in [-0.2, -0.15) is 9.78 Å². The Morgan fingerprint density at radius 1 is 0.903 bits per heavy atom. The van der Waals surface area contributed by atoms with Crippen molar-refractivity contribution in [2.45, 2.75) is 70.5 Å². The van der Waals surface area contributed by atoms with Crippen LogP contribution in [-0.2, 0) is 31.0 Å². The maximum Gasteiger partial charge on any atom is 0.326 e. The van der Waals surface area contributed by atoms with Crippen molar-refractivity contribution in [2.24, 2.45) is 11.5 Å². The fourth-order valence-electron chi connectivity index (χ4n) is 6.67. The quantitative estimate of drug-likeness (QED) is 0.0895. The largest absolute Gasteiger partial charge is 0.504 e. The van der Waals surface area contributed by atoms with E-state index < -0.39 is 59.8 Å². The number of amides is 4. The van der Waals surface area contributed by atoms with Crippen molar-refractivity contribution >= 4 is 29.6 Å². The van der Waals surface area contributed by atoms with Gasteiger partial charge < -0.3 is 52.0 Å². The first-order valence-electron chi connectivity index (χ1n) is 20.2. The third-order valence-electron chi connectivity index (χ3n) is 10.2. The number of phenolic OH excluding ortho intramolecular Hbond substituents is 1. The third kappa shape index (κ3) is 11.1. The van der Waals surface area contributed by atoms with Crippen LogP contribution in [0.5, 0.6) is 17.2 Å². The van der Waals surface area contributed by atoms with Gasteiger partial charge in [0, 0.05) is 30.7 Å². The number of hydrogen-bond acceptors (Lipinski definition) is 12. The average Bonchev–Trinajstić information content (AvgIpc) is 3.23. The molecular weight excluding hydrogens is 801 g/mol. The minimum Gasteiger partial charge on any atom is -0.504 e. The van der Waals surface area contributed by atoms with Crippen LogP contribution in [0.2, 0.25) is 0 Å². The molecule has 0 saturated carbocycles. The van der Waals surface area contributed by atoms with Gasteiger partial charge in [-0.15, -0.1) is 0 Å². The first kappa shape index (κ1) is 46.3. The first-order valence-corrected chi connectivity index (χ1v) is 20.2. The summed E-state index contributed by atoms with van der Waals surface area (Å²) < 4.78 is 13.2. The molecule has 3 aromatic carbocycles. The molecule has 0 fully saturated rings. The van der Waals surface area contributed by atoms with Crippen LogP contribution in [0.25, 0.3) is 16.8 Å². The number of benzene rings is 3. The summed E-state index contributed by atoms with van der Waals surface area (Å²) in [6.45, 7) is 7.79. The van der Waals surface area contributed by atoms with E-state index in [1.807, 2.05) is 12.1 Å². The highest BCUT2D eigenvalue weighted by molar-refractivity contribution is 5.98. The zero-order valence-electron chi connectivity index (χ0n) is 35.4. The molecule has 1 aliphatic rings. The number of carbonyl (C=O) groups excluding carboxylic acids is 4. The molecule has 5 rings (SSSR count). The van der Waals surface area contributed by atoms with E-state index in [1.54, 1.807) is 30.3 Å². The van der Waals surface area contributed by atoms with Gasteiger partial charge in [0.2, 0.25) is 17.7 Å². The number of aliphatic carboxylic acids is 1. The van der Waals surface area contributed by atoms with Gasteiger partial charge in [-0.05, 0) is 91.4 Å². The molecule has 3 atom stereocenters. The van der Waals surface area contributed by atoms with Crippen LogP contribution in [0.15, 0.2) is 71.7 Å². The fourth-order valence-corrected chi connectivity index (χ4v) is 6.67. The molecule has 2 heterocycles. The zero-order valence-corrected chi connectivity index (χ0v) is 35.4. The molecule has 4 bridgehead atoms. The van der Waals surface area contributed by atoms with Gasteiger partial charge in [-0.25, -0.2) is 4.79 Å². The zero-order chi connectivity index (χ0) is 45.3. The molecule has 18 nitrogen and oxygen atoms in total. The van der Waals surface area contributed by atoms with Gasteiger partial charge in [0.25, 0.3) is 11.5 Å². The molecular formula is C44H54N8O10. The second-order valence-electron chi connectivity index (χ2n) is 15.9. The lowest BCUT2D eigenvalue weighted by Gasteiger charge is -2.30. The summed E-state index contributed by atoms with van der Waals surface area (Å²) in [5.41, 5.74) is 13.2. The highest BCUT2D eigenvalue weighted by atomic mass is 16.5. The number of aromatic nitrogens is 2. The van der Waals surface area contributed by atoms with Gasteiger partial charge >= 0.3 is 5.97 Å². The van der Waals surface area contributed by atoms with Crippen LogP contribution in [-0.4, -0.2) is 106 Å². The van der Waals surface area contributed by atoms with Crippen LogP contribution in [0, 0.1) is 0 Å². The Bertz CT molecular complexity index is 2360. The highest BCUT2D eigenvalue weighted by Gasteiger charge is 2.34. The molecule has 62 heavy (non-hydrogen) atoms. The van der Waals surface area contributed by atoms with Gasteiger partial charge in [0.1, 0.15) is 23.9 Å². The number of fused-ring (bicyclic) bond motifs is 5. The number of ether oxygens (including phenoxy) is 2. The lowest BCUT2D eigenvalue weighted by atomic mass is 9.87. The molecule has 9 N–H and O–H groups in total. The van der Waals surface area contributed by atoms with E-state index in [-0.39, 0.29) is 65.5 Å². The van der Waals surface area contributed by atoms with Crippen molar-refractivity contribution in [2.75, 3.05) is 39.9 Å². The van der Waals surface area contributed by atoms with Gasteiger partial charge in [0.15, 0.2) is 11.5 Å². The SMILES string of the molecule is C[C@@H]1NC(=O)[C@@H](N(C)C(=O)CNC(=O)c2cnn(-c3ccc(C(C)(C)C)cc3)c(=O)c2)c2cc(OCCCN)c(O)c(c2)-c2cc(ccc2OCCCN)C[C@@H](C(=O)O)NC1=O. The van der Waals surface area contributed by atoms with E-state index in [9.17, 15) is 39.0 Å².